The molecule has 1 aliphatic rings. The van der Waals surface area contributed by atoms with Crippen molar-refractivity contribution in [1.82, 2.24) is 29.8 Å². The molecule has 0 amide bonds. The van der Waals surface area contributed by atoms with Crippen molar-refractivity contribution in [3.8, 4) is 22.5 Å². The van der Waals surface area contributed by atoms with Gasteiger partial charge in [0.2, 0.25) is 11.9 Å². The van der Waals surface area contributed by atoms with E-state index in [1.807, 2.05) is 18.2 Å². The van der Waals surface area contributed by atoms with Crippen LogP contribution in [0.5, 0.6) is 0 Å². The van der Waals surface area contributed by atoms with Gasteiger partial charge < -0.3 is 5.32 Å². The lowest BCUT2D eigenvalue weighted by Crippen LogP contribution is -2.05. The number of rotatable bonds is 4. The van der Waals surface area contributed by atoms with Gasteiger partial charge in [0.1, 0.15) is 0 Å². The first kappa shape index (κ1) is 14.9. The molecule has 1 saturated carbocycles. The Labute approximate surface area is 148 Å². The Morgan fingerprint density at radius 1 is 1.04 bits per heavy atom. The first-order chi connectivity index (χ1) is 12.8. The molecule has 0 unspecified atom stereocenters. The summed E-state index contributed by atoms with van der Waals surface area (Å²) in [6.07, 6.45) is 7.19. The highest BCUT2D eigenvalue weighted by atomic mass is 19.1. The molecule has 0 atom stereocenters. The van der Waals surface area contributed by atoms with Crippen LogP contribution in [0.1, 0.15) is 12.8 Å². The maximum atomic E-state index is 13.3. The number of anilines is 1. The van der Waals surface area contributed by atoms with Crippen molar-refractivity contribution in [2.45, 2.75) is 18.9 Å². The van der Waals surface area contributed by atoms with Crippen molar-refractivity contribution in [1.29, 1.82) is 0 Å². The molecule has 1 N–H and O–H groups in total. The molecule has 1 aliphatic carbocycles. The van der Waals surface area contributed by atoms with Crippen LogP contribution >= 0.6 is 0 Å². The summed E-state index contributed by atoms with van der Waals surface area (Å²) in [5.74, 6) is 0.0865. The summed E-state index contributed by atoms with van der Waals surface area (Å²) in [7, 11) is 0. The largest absolute Gasteiger partial charge is 0.351 e. The Hall–Kier alpha value is -3.42. The van der Waals surface area contributed by atoms with E-state index in [-0.39, 0.29) is 0 Å². The second-order valence-electron chi connectivity index (χ2n) is 6.20. The summed E-state index contributed by atoms with van der Waals surface area (Å²) in [5.41, 5.74) is 3.73. The normalized spacial score (nSPS) is 13.9. The molecule has 4 aromatic heterocycles. The summed E-state index contributed by atoms with van der Waals surface area (Å²) < 4.78 is 14.9. The van der Waals surface area contributed by atoms with E-state index in [2.05, 4.69) is 30.5 Å². The molecule has 1 fully saturated rings. The number of hydrogen-bond acceptors (Lipinski definition) is 6. The van der Waals surface area contributed by atoms with E-state index in [9.17, 15) is 4.39 Å². The fraction of sp³-hybridized carbons (Fsp3) is 0.167. The predicted molar refractivity (Wildman–Crippen MR) is 93.8 cm³/mol. The van der Waals surface area contributed by atoms with Gasteiger partial charge in [-0.05, 0) is 37.1 Å². The average Bonchev–Trinajstić information content (AvgIpc) is 3.37. The fourth-order valence-corrected chi connectivity index (χ4v) is 2.78. The SMILES string of the molecule is Fc1cc(-c2ccc3c(-c4ccnc(NC5CC5)n4)cnn3n2)ccn1. The minimum atomic E-state index is -0.540. The van der Waals surface area contributed by atoms with Crippen LogP contribution in [0.3, 0.4) is 0 Å². The molecule has 0 spiro atoms. The van der Waals surface area contributed by atoms with E-state index < -0.39 is 5.95 Å². The Bertz CT molecular complexity index is 1100. The molecule has 8 heteroatoms. The maximum absolute atomic E-state index is 13.3. The number of nitrogens with zero attached hydrogens (tertiary/aromatic N) is 6. The molecule has 128 valence electrons. The van der Waals surface area contributed by atoms with E-state index in [1.54, 1.807) is 18.5 Å². The van der Waals surface area contributed by atoms with Crippen molar-refractivity contribution < 1.29 is 4.39 Å². The first-order valence-corrected chi connectivity index (χ1v) is 8.33. The summed E-state index contributed by atoms with van der Waals surface area (Å²) in [4.78, 5) is 12.4. The van der Waals surface area contributed by atoms with Gasteiger partial charge >= 0.3 is 0 Å². The molecular weight excluding hydrogens is 333 g/mol. The second kappa shape index (κ2) is 5.83. The van der Waals surface area contributed by atoms with Crippen LogP contribution in [0.2, 0.25) is 0 Å². The Kier molecular flexibility index (Phi) is 3.34. The van der Waals surface area contributed by atoms with Gasteiger partial charge in [-0.1, -0.05) is 0 Å². The minimum Gasteiger partial charge on any atom is -0.351 e. The number of pyridine rings is 1. The van der Waals surface area contributed by atoms with Gasteiger partial charge in [-0.3, -0.25) is 0 Å². The number of hydrogen-bond donors (Lipinski definition) is 1. The third-order valence-electron chi connectivity index (χ3n) is 4.25. The molecule has 7 nitrogen and oxygen atoms in total. The van der Waals surface area contributed by atoms with Crippen LogP contribution in [0.25, 0.3) is 28.0 Å². The van der Waals surface area contributed by atoms with Crippen LogP contribution in [-0.2, 0) is 0 Å². The van der Waals surface area contributed by atoms with Crippen molar-refractivity contribution in [3.63, 3.8) is 0 Å². The number of nitrogens with one attached hydrogen (secondary N) is 1. The van der Waals surface area contributed by atoms with Crippen molar-refractivity contribution in [2.75, 3.05) is 5.32 Å². The third kappa shape index (κ3) is 2.75. The van der Waals surface area contributed by atoms with Crippen LogP contribution < -0.4 is 5.32 Å². The summed E-state index contributed by atoms with van der Waals surface area (Å²) in [6, 6.07) is 9.13. The molecular formula is C18H14FN7. The van der Waals surface area contributed by atoms with Crippen LogP contribution in [0, 0.1) is 5.95 Å². The van der Waals surface area contributed by atoms with Gasteiger partial charge in [0.05, 0.1) is 23.1 Å². The molecule has 0 bridgehead atoms. The predicted octanol–water partition coefficient (Wildman–Crippen LogP) is 2.96. The smallest absolute Gasteiger partial charge is 0.223 e. The van der Waals surface area contributed by atoms with Crippen LogP contribution in [0.15, 0.2) is 48.9 Å². The zero-order valence-electron chi connectivity index (χ0n) is 13.7. The monoisotopic (exact) mass is 347 g/mol. The van der Waals surface area contributed by atoms with Gasteiger partial charge in [0, 0.05) is 35.6 Å². The van der Waals surface area contributed by atoms with E-state index >= 15 is 0 Å². The number of fused-ring (bicyclic) bond motifs is 1. The van der Waals surface area contributed by atoms with E-state index in [4.69, 9.17) is 0 Å². The minimum absolute atomic E-state index is 0.485. The molecule has 0 aromatic carbocycles. The maximum Gasteiger partial charge on any atom is 0.223 e. The zero-order valence-corrected chi connectivity index (χ0v) is 13.7. The van der Waals surface area contributed by atoms with E-state index in [1.165, 1.54) is 16.9 Å². The molecule has 4 aromatic rings. The van der Waals surface area contributed by atoms with Gasteiger partial charge in [-0.25, -0.2) is 15.0 Å². The molecule has 0 aliphatic heterocycles. The topological polar surface area (TPSA) is 80.9 Å². The number of halogens is 1. The molecule has 0 saturated heterocycles. The van der Waals surface area contributed by atoms with Gasteiger partial charge in [0.25, 0.3) is 0 Å². The van der Waals surface area contributed by atoms with Crippen molar-refractivity contribution >= 4 is 11.5 Å². The van der Waals surface area contributed by atoms with Crippen LogP contribution in [0.4, 0.5) is 10.3 Å². The van der Waals surface area contributed by atoms with Gasteiger partial charge in [-0.15, -0.1) is 5.10 Å². The summed E-state index contributed by atoms with van der Waals surface area (Å²) in [6.45, 7) is 0. The lowest BCUT2D eigenvalue weighted by atomic mass is 10.1. The van der Waals surface area contributed by atoms with Gasteiger partial charge in [0.15, 0.2) is 0 Å². The average molecular weight is 347 g/mol. The highest BCUT2D eigenvalue weighted by Crippen LogP contribution is 2.27. The quantitative estimate of drug-likeness (QED) is 0.572. The molecule has 4 heterocycles. The van der Waals surface area contributed by atoms with Crippen molar-refractivity contribution in [3.05, 3.63) is 54.9 Å². The fourth-order valence-electron chi connectivity index (χ4n) is 2.78. The summed E-state index contributed by atoms with van der Waals surface area (Å²) in [5, 5.41) is 12.1. The van der Waals surface area contributed by atoms with E-state index in [0.717, 1.165) is 29.6 Å². The highest BCUT2D eigenvalue weighted by molar-refractivity contribution is 5.78. The standard InChI is InChI=1S/C18H14FN7/c19-17-9-11(5-7-20-17)14-3-4-16-13(10-22-26(16)25-14)15-6-8-21-18(24-15)23-12-1-2-12/h3-10,12H,1-2H2,(H,21,23,24). The van der Waals surface area contributed by atoms with Gasteiger partial charge in [-0.2, -0.15) is 14.1 Å². The molecule has 26 heavy (non-hydrogen) atoms. The van der Waals surface area contributed by atoms with Crippen LogP contribution in [-0.4, -0.2) is 35.8 Å². The Morgan fingerprint density at radius 2 is 1.92 bits per heavy atom. The lowest BCUT2D eigenvalue weighted by Gasteiger charge is -2.05. The lowest BCUT2D eigenvalue weighted by molar-refractivity contribution is 0.584. The summed E-state index contributed by atoms with van der Waals surface area (Å²) >= 11 is 0. The van der Waals surface area contributed by atoms with E-state index in [0.29, 0.717) is 23.2 Å². The zero-order chi connectivity index (χ0) is 17.5. The van der Waals surface area contributed by atoms with Crippen molar-refractivity contribution in [2.24, 2.45) is 0 Å². The first-order valence-electron chi connectivity index (χ1n) is 8.33. The second-order valence-corrected chi connectivity index (χ2v) is 6.20. The Morgan fingerprint density at radius 3 is 2.77 bits per heavy atom. The Balaban J connectivity index is 1.53. The molecule has 5 rings (SSSR count). The third-order valence-corrected chi connectivity index (χ3v) is 4.25. The molecule has 0 radical (unpaired) electrons. The highest BCUT2D eigenvalue weighted by Gasteiger charge is 2.22. The number of aromatic nitrogens is 6.